The Morgan fingerprint density at radius 2 is 1.79 bits per heavy atom. The predicted molar refractivity (Wildman–Crippen MR) is 116 cm³/mol. The van der Waals surface area contributed by atoms with Crippen LogP contribution in [0.25, 0.3) is 11.4 Å². The van der Waals surface area contributed by atoms with Gasteiger partial charge in [0.15, 0.2) is 0 Å². The molecule has 0 saturated carbocycles. The van der Waals surface area contributed by atoms with Crippen molar-refractivity contribution < 1.29 is 4.79 Å². The zero-order valence-electron chi connectivity index (χ0n) is 17.1. The molecule has 4 rings (SSSR count). The van der Waals surface area contributed by atoms with Crippen molar-refractivity contribution in [2.75, 3.05) is 6.54 Å². The zero-order chi connectivity index (χ0) is 20.1. The van der Waals surface area contributed by atoms with E-state index in [1.807, 2.05) is 48.8 Å². The third kappa shape index (κ3) is 4.42. The van der Waals surface area contributed by atoms with Crippen molar-refractivity contribution in [3.05, 3.63) is 78.6 Å². The average Bonchev–Trinajstić information content (AvgIpc) is 3.28. The van der Waals surface area contributed by atoms with Crippen LogP contribution < -0.4 is 0 Å². The van der Waals surface area contributed by atoms with Crippen molar-refractivity contribution >= 4 is 5.91 Å². The van der Waals surface area contributed by atoms with Gasteiger partial charge in [0.2, 0.25) is 5.91 Å². The number of amides is 1. The van der Waals surface area contributed by atoms with Gasteiger partial charge in [0, 0.05) is 30.9 Å². The molecule has 4 nitrogen and oxygen atoms in total. The molecule has 1 aromatic heterocycles. The molecule has 0 aliphatic carbocycles. The van der Waals surface area contributed by atoms with Crippen LogP contribution in [0.3, 0.4) is 0 Å². The van der Waals surface area contributed by atoms with Crippen LogP contribution in [-0.2, 0) is 11.2 Å². The van der Waals surface area contributed by atoms with E-state index in [0.717, 1.165) is 37.2 Å². The van der Waals surface area contributed by atoms with Gasteiger partial charge in [-0.1, -0.05) is 60.7 Å². The molecule has 2 unspecified atom stereocenters. The number of aryl methyl sites for hydroxylation is 1. The van der Waals surface area contributed by atoms with Gasteiger partial charge in [-0.05, 0) is 38.2 Å². The van der Waals surface area contributed by atoms with Crippen LogP contribution in [-0.4, -0.2) is 32.9 Å². The van der Waals surface area contributed by atoms with Crippen molar-refractivity contribution in [2.45, 2.75) is 51.1 Å². The molecule has 1 saturated heterocycles. The van der Waals surface area contributed by atoms with E-state index in [-0.39, 0.29) is 18.0 Å². The van der Waals surface area contributed by atoms with E-state index in [4.69, 9.17) is 0 Å². The SMILES string of the molecule is CC(C1CCCCN1C(=O)CCc1ccccc1)n1ccnc1-c1ccccc1. The van der Waals surface area contributed by atoms with Crippen LogP contribution in [0, 0.1) is 0 Å². The highest BCUT2D eigenvalue weighted by atomic mass is 16.2. The van der Waals surface area contributed by atoms with Crippen LogP contribution >= 0.6 is 0 Å². The summed E-state index contributed by atoms with van der Waals surface area (Å²) in [5, 5.41) is 0. The fourth-order valence-electron chi connectivity index (χ4n) is 4.45. The van der Waals surface area contributed by atoms with Crippen molar-refractivity contribution in [1.29, 1.82) is 0 Å². The quantitative estimate of drug-likeness (QED) is 0.588. The number of imidazole rings is 1. The monoisotopic (exact) mass is 387 g/mol. The molecular weight excluding hydrogens is 358 g/mol. The second-order valence-electron chi connectivity index (χ2n) is 7.90. The molecule has 29 heavy (non-hydrogen) atoms. The van der Waals surface area contributed by atoms with Gasteiger partial charge in [0.1, 0.15) is 5.82 Å². The van der Waals surface area contributed by atoms with Crippen LogP contribution in [0.5, 0.6) is 0 Å². The number of rotatable bonds is 6. The van der Waals surface area contributed by atoms with Crippen LogP contribution in [0.1, 0.15) is 44.2 Å². The lowest BCUT2D eigenvalue weighted by Crippen LogP contribution is -2.47. The number of hydrogen-bond acceptors (Lipinski definition) is 2. The minimum absolute atomic E-state index is 0.189. The van der Waals surface area contributed by atoms with Gasteiger partial charge < -0.3 is 9.47 Å². The van der Waals surface area contributed by atoms with Gasteiger partial charge >= 0.3 is 0 Å². The van der Waals surface area contributed by atoms with Gasteiger partial charge in [0.05, 0.1) is 12.1 Å². The third-order valence-corrected chi connectivity index (χ3v) is 6.04. The van der Waals surface area contributed by atoms with Gasteiger partial charge in [-0.3, -0.25) is 4.79 Å². The molecule has 150 valence electrons. The standard InChI is InChI=1S/C25H29N3O/c1-20(27-19-17-26-25(27)22-12-6-3-7-13-22)23-14-8-9-18-28(23)24(29)16-15-21-10-4-2-5-11-21/h2-7,10-13,17,19-20,23H,8-9,14-16,18H2,1H3. The minimum atomic E-state index is 0.189. The summed E-state index contributed by atoms with van der Waals surface area (Å²) in [6, 6.07) is 21.0. The molecule has 1 aliphatic rings. The smallest absolute Gasteiger partial charge is 0.223 e. The zero-order valence-corrected chi connectivity index (χ0v) is 17.1. The van der Waals surface area contributed by atoms with E-state index < -0.39 is 0 Å². The Balaban J connectivity index is 1.50. The highest BCUT2D eigenvalue weighted by Crippen LogP contribution is 2.30. The number of aromatic nitrogens is 2. The third-order valence-electron chi connectivity index (χ3n) is 6.04. The van der Waals surface area contributed by atoms with Crippen LogP contribution in [0.15, 0.2) is 73.1 Å². The maximum atomic E-state index is 13.1. The molecule has 1 aliphatic heterocycles. The molecule has 0 spiro atoms. The summed E-state index contributed by atoms with van der Waals surface area (Å²) in [7, 11) is 0. The number of carbonyl (C=O) groups is 1. The lowest BCUT2D eigenvalue weighted by molar-refractivity contribution is -0.135. The second-order valence-corrected chi connectivity index (χ2v) is 7.90. The van der Waals surface area contributed by atoms with Gasteiger partial charge in [-0.15, -0.1) is 0 Å². The van der Waals surface area contributed by atoms with Gasteiger partial charge in [-0.2, -0.15) is 0 Å². The first-order valence-corrected chi connectivity index (χ1v) is 10.7. The summed E-state index contributed by atoms with van der Waals surface area (Å²) in [4.78, 5) is 19.9. The molecule has 1 amide bonds. The molecule has 1 fully saturated rings. The van der Waals surface area contributed by atoms with Gasteiger partial charge in [-0.25, -0.2) is 4.98 Å². The topological polar surface area (TPSA) is 38.1 Å². The second kappa shape index (κ2) is 9.08. The molecule has 0 N–H and O–H groups in total. The summed E-state index contributed by atoms with van der Waals surface area (Å²) in [5.41, 5.74) is 2.34. The number of piperidine rings is 1. The van der Waals surface area contributed by atoms with E-state index >= 15 is 0 Å². The average molecular weight is 388 g/mol. The Morgan fingerprint density at radius 3 is 2.55 bits per heavy atom. The van der Waals surface area contributed by atoms with Crippen molar-refractivity contribution in [2.24, 2.45) is 0 Å². The summed E-state index contributed by atoms with van der Waals surface area (Å²) < 4.78 is 2.24. The lowest BCUT2D eigenvalue weighted by atomic mass is 9.95. The van der Waals surface area contributed by atoms with E-state index in [0.29, 0.717) is 6.42 Å². The maximum absolute atomic E-state index is 13.1. The molecule has 2 atom stereocenters. The van der Waals surface area contributed by atoms with Crippen molar-refractivity contribution in [3.63, 3.8) is 0 Å². The van der Waals surface area contributed by atoms with Crippen molar-refractivity contribution in [3.8, 4) is 11.4 Å². The first-order chi connectivity index (χ1) is 14.2. The Labute approximate surface area is 173 Å². The van der Waals surface area contributed by atoms with E-state index in [1.165, 1.54) is 12.0 Å². The summed E-state index contributed by atoms with van der Waals surface area (Å²) in [6.07, 6.45) is 8.60. The summed E-state index contributed by atoms with van der Waals surface area (Å²) >= 11 is 0. The number of likely N-dealkylation sites (tertiary alicyclic amines) is 1. The first-order valence-electron chi connectivity index (χ1n) is 10.7. The Kier molecular flexibility index (Phi) is 6.09. The molecular formula is C25H29N3O. The Hall–Kier alpha value is -2.88. The van der Waals surface area contributed by atoms with E-state index in [2.05, 4.69) is 45.6 Å². The summed E-state index contributed by atoms with van der Waals surface area (Å²) in [6.45, 7) is 3.08. The van der Waals surface area contributed by atoms with Crippen molar-refractivity contribution in [1.82, 2.24) is 14.5 Å². The molecule has 0 bridgehead atoms. The number of hydrogen-bond donors (Lipinski definition) is 0. The van der Waals surface area contributed by atoms with Crippen LogP contribution in [0.2, 0.25) is 0 Å². The largest absolute Gasteiger partial charge is 0.338 e. The summed E-state index contributed by atoms with van der Waals surface area (Å²) in [5.74, 6) is 1.24. The predicted octanol–water partition coefficient (Wildman–Crippen LogP) is 5.13. The minimum Gasteiger partial charge on any atom is -0.338 e. The lowest BCUT2D eigenvalue weighted by Gasteiger charge is -2.40. The number of nitrogens with zero attached hydrogens (tertiary/aromatic N) is 3. The molecule has 4 heteroatoms. The van der Waals surface area contributed by atoms with Gasteiger partial charge in [0.25, 0.3) is 0 Å². The molecule has 2 heterocycles. The number of benzene rings is 2. The molecule has 2 aromatic carbocycles. The van der Waals surface area contributed by atoms with Crippen LogP contribution in [0.4, 0.5) is 0 Å². The molecule has 3 aromatic rings. The molecule has 0 radical (unpaired) electrons. The van der Waals surface area contributed by atoms with E-state index in [9.17, 15) is 4.79 Å². The van der Waals surface area contributed by atoms with E-state index in [1.54, 1.807) is 0 Å². The first kappa shape index (κ1) is 19.4. The number of carbonyl (C=O) groups excluding carboxylic acids is 1. The highest BCUT2D eigenvalue weighted by molar-refractivity contribution is 5.77. The maximum Gasteiger partial charge on any atom is 0.223 e. The normalized spacial score (nSPS) is 17.8. The fourth-order valence-corrected chi connectivity index (χ4v) is 4.45. The Bertz CT molecular complexity index is 920. The highest BCUT2D eigenvalue weighted by Gasteiger charge is 2.32. The Morgan fingerprint density at radius 1 is 1.07 bits per heavy atom. The fraction of sp³-hybridized carbons (Fsp3) is 0.360.